The molecule has 0 aliphatic heterocycles. The van der Waals surface area contributed by atoms with Crippen LogP contribution < -0.4 is 5.73 Å². The van der Waals surface area contributed by atoms with Gasteiger partial charge in [-0.05, 0) is 45.5 Å². The van der Waals surface area contributed by atoms with Crippen LogP contribution in [0.1, 0.15) is 0 Å². The van der Waals surface area contributed by atoms with Crippen molar-refractivity contribution in [2.24, 2.45) is 0 Å². The molecule has 0 aliphatic carbocycles. The Kier molecular flexibility index (Phi) is 1.92. The summed E-state index contributed by atoms with van der Waals surface area (Å²) in [7, 11) is 0. The van der Waals surface area contributed by atoms with Crippen molar-refractivity contribution in [1.82, 2.24) is 0 Å². The largest absolute Gasteiger partial charge is 0.399 e. The van der Waals surface area contributed by atoms with Crippen molar-refractivity contribution < 1.29 is 0 Å². The van der Waals surface area contributed by atoms with E-state index in [-0.39, 0.29) is 0 Å². The van der Waals surface area contributed by atoms with E-state index in [4.69, 9.17) is 5.73 Å². The molecule has 2 aromatic rings. The molecular weight excluding hydrogens is 261 g/mol. The zero-order valence-corrected chi connectivity index (χ0v) is 8.58. The van der Waals surface area contributed by atoms with Gasteiger partial charge in [0.2, 0.25) is 0 Å². The van der Waals surface area contributed by atoms with Crippen LogP contribution in [0.4, 0.5) is 5.69 Å². The fourth-order valence-electron chi connectivity index (χ4n) is 1.29. The molecule has 0 spiro atoms. The lowest BCUT2D eigenvalue weighted by molar-refractivity contribution is 1.69. The summed E-state index contributed by atoms with van der Waals surface area (Å²) in [4.78, 5) is 0. The van der Waals surface area contributed by atoms with Gasteiger partial charge in [0.05, 0.1) is 0 Å². The van der Waals surface area contributed by atoms with Crippen LogP contribution >= 0.6 is 22.6 Å². The fourth-order valence-corrected chi connectivity index (χ4v) is 2.14. The molecule has 2 heteroatoms. The molecule has 2 N–H and O–H groups in total. The zero-order valence-electron chi connectivity index (χ0n) is 6.42. The summed E-state index contributed by atoms with van der Waals surface area (Å²) in [6.07, 6.45) is 0. The minimum absolute atomic E-state index is 0.832. The summed E-state index contributed by atoms with van der Waals surface area (Å²) in [5.74, 6) is 0. The quantitative estimate of drug-likeness (QED) is 0.577. The van der Waals surface area contributed by atoms with Crippen LogP contribution in [-0.2, 0) is 0 Å². The third-order valence-electron chi connectivity index (χ3n) is 1.83. The molecule has 12 heavy (non-hydrogen) atoms. The first-order valence-corrected chi connectivity index (χ1v) is 4.79. The number of nitrogen functional groups attached to an aromatic ring is 1. The average Bonchev–Trinajstić information content (AvgIpc) is 2.04. The van der Waals surface area contributed by atoms with Crippen molar-refractivity contribution in [3.63, 3.8) is 0 Å². The Morgan fingerprint density at radius 1 is 1.08 bits per heavy atom. The van der Waals surface area contributed by atoms with Crippen molar-refractivity contribution in [1.29, 1.82) is 0 Å². The summed E-state index contributed by atoms with van der Waals surface area (Å²) in [5, 5.41) is 2.48. The van der Waals surface area contributed by atoms with Gasteiger partial charge < -0.3 is 5.73 Å². The van der Waals surface area contributed by atoms with E-state index in [1.165, 1.54) is 14.3 Å². The zero-order chi connectivity index (χ0) is 8.55. The molecule has 1 nitrogen and oxygen atoms in total. The lowest BCUT2D eigenvalue weighted by Gasteiger charge is -2.01. The average molecular weight is 269 g/mol. The van der Waals surface area contributed by atoms with Gasteiger partial charge in [-0.2, -0.15) is 0 Å². The molecule has 0 saturated carbocycles. The summed E-state index contributed by atoms with van der Waals surface area (Å²) in [6, 6.07) is 12.2. The van der Waals surface area contributed by atoms with Crippen molar-refractivity contribution in [2.45, 2.75) is 0 Å². The Morgan fingerprint density at radius 2 is 1.83 bits per heavy atom. The minimum atomic E-state index is 0.832. The first-order valence-electron chi connectivity index (χ1n) is 3.71. The molecule has 0 amide bonds. The van der Waals surface area contributed by atoms with E-state index in [1.807, 2.05) is 24.3 Å². The first-order chi connectivity index (χ1) is 5.77. The number of fused-ring (bicyclic) bond motifs is 1. The Labute approximate surface area is 84.7 Å². The predicted molar refractivity (Wildman–Crippen MR) is 61.1 cm³/mol. The van der Waals surface area contributed by atoms with Crippen molar-refractivity contribution in [3.05, 3.63) is 40.0 Å². The van der Waals surface area contributed by atoms with E-state index in [1.54, 1.807) is 0 Å². The number of anilines is 1. The molecule has 0 aliphatic rings. The molecule has 2 aromatic carbocycles. The summed E-state index contributed by atoms with van der Waals surface area (Å²) >= 11 is 2.30. The smallest absolute Gasteiger partial charge is 0.0331 e. The van der Waals surface area contributed by atoms with Crippen LogP contribution in [0.2, 0.25) is 0 Å². The highest BCUT2D eigenvalue weighted by atomic mass is 127. The van der Waals surface area contributed by atoms with E-state index in [2.05, 4.69) is 34.7 Å². The van der Waals surface area contributed by atoms with Gasteiger partial charge in [0.15, 0.2) is 0 Å². The minimum Gasteiger partial charge on any atom is -0.399 e. The van der Waals surface area contributed by atoms with Gasteiger partial charge in [-0.15, -0.1) is 0 Å². The number of halogens is 1. The Morgan fingerprint density at radius 3 is 2.67 bits per heavy atom. The summed E-state index contributed by atoms with van der Waals surface area (Å²) < 4.78 is 1.21. The van der Waals surface area contributed by atoms with Gasteiger partial charge in [-0.3, -0.25) is 0 Å². The lowest BCUT2D eigenvalue weighted by Crippen LogP contribution is -1.86. The van der Waals surface area contributed by atoms with Crippen LogP contribution in [0.5, 0.6) is 0 Å². The molecular formula is C10H8IN. The number of nitrogens with two attached hydrogens (primary N) is 1. The maximum absolute atomic E-state index is 5.72. The van der Waals surface area contributed by atoms with Gasteiger partial charge in [0.1, 0.15) is 0 Å². The Bertz CT molecular complexity index is 423. The molecule has 0 atom stereocenters. The van der Waals surface area contributed by atoms with Crippen molar-refractivity contribution >= 4 is 39.1 Å². The van der Waals surface area contributed by atoms with Gasteiger partial charge in [-0.1, -0.05) is 24.3 Å². The highest BCUT2D eigenvalue weighted by Gasteiger charge is 1.97. The SMILES string of the molecule is Nc1cc(I)c2ccccc2c1. The molecule has 0 radical (unpaired) electrons. The maximum atomic E-state index is 5.72. The van der Waals surface area contributed by atoms with Gasteiger partial charge in [0, 0.05) is 9.26 Å². The highest BCUT2D eigenvalue weighted by molar-refractivity contribution is 14.1. The van der Waals surface area contributed by atoms with Crippen molar-refractivity contribution in [3.8, 4) is 0 Å². The summed E-state index contributed by atoms with van der Waals surface area (Å²) in [6.45, 7) is 0. The van der Waals surface area contributed by atoms with E-state index in [9.17, 15) is 0 Å². The lowest BCUT2D eigenvalue weighted by atomic mass is 10.1. The summed E-state index contributed by atoms with van der Waals surface area (Å²) in [5.41, 5.74) is 6.55. The maximum Gasteiger partial charge on any atom is 0.0331 e. The third-order valence-corrected chi connectivity index (χ3v) is 2.73. The molecule has 0 unspecified atom stereocenters. The number of benzene rings is 2. The number of rotatable bonds is 0. The monoisotopic (exact) mass is 269 g/mol. The van der Waals surface area contributed by atoms with Crippen LogP contribution in [0.3, 0.4) is 0 Å². The van der Waals surface area contributed by atoms with Crippen LogP contribution in [0, 0.1) is 3.57 Å². The van der Waals surface area contributed by atoms with E-state index >= 15 is 0 Å². The molecule has 0 aromatic heterocycles. The van der Waals surface area contributed by atoms with Crippen LogP contribution in [-0.4, -0.2) is 0 Å². The fraction of sp³-hybridized carbons (Fsp3) is 0. The normalized spacial score (nSPS) is 10.4. The van der Waals surface area contributed by atoms with Crippen LogP contribution in [0.15, 0.2) is 36.4 Å². The Hall–Kier alpha value is -0.770. The number of hydrogen-bond acceptors (Lipinski definition) is 1. The van der Waals surface area contributed by atoms with Gasteiger partial charge >= 0.3 is 0 Å². The third kappa shape index (κ3) is 1.27. The van der Waals surface area contributed by atoms with Crippen molar-refractivity contribution in [2.75, 3.05) is 5.73 Å². The van der Waals surface area contributed by atoms with E-state index in [0.29, 0.717) is 0 Å². The molecule has 60 valence electrons. The van der Waals surface area contributed by atoms with E-state index in [0.717, 1.165) is 5.69 Å². The molecule has 0 heterocycles. The second-order valence-corrected chi connectivity index (χ2v) is 3.89. The Balaban J connectivity index is 2.89. The van der Waals surface area contributed by atoms with Crippen LogP contribution in [0.25, 0.3) is 10.8 Å². The second kappa shape index (κ2) is 2.94. The standard InChI is InChI=1S/C10H8IN/c11-10-6-8(12)5-7-3-1-2-4-9(7)10/h1-6H,12H2. The first kappa shape index (κ1) is 7.86. The molecule has 0 fully saturated rings. The number of hydrogen-bond donors (Lipinski definition) is 1. The van der Waals surface area contributed by atoms with Gasteiger partial charge in [-0.25, -0.2) is 0 Å². The van der Waals surface area contributed by atoms with E-state index < -0.39 is 0 Å². The topological polar surface area (TPSA) is 26.0 Å². The van der Waals surface area contributed by atoms with Gasteiger partial charge in [0.25, 0.3) is 0 Å². The highest BCUT2D eigenvalue weighted by Crippen LogP contribution is 2.23. The predicted octanol–water partition coefficient (Wildman–Crippen LogP) is 3.03. The molecule has 0 saturated heterocycles. The molecule has 0 bridgehead atoms. The molecule has 2 rings (SSSR count). The second-order valence-electron chi connectivity index (χ2n) is 2.72.